The van der Waals surface area contributed by atoms with E-state index in [9.17, 15) is 13.9 Å². The summed E-state index contributed by atoms with van der Waals surface area (Å²) in [5.74, 6) is -1.33. The van der Waals surface area contributed by atoms with E-state index in [1.807, 2.05) is 0 Å². The molecular formula is C15H18F2N4O2. The lowest BCUT2D eigenvalue weighted by Crippen LogP contribution is -2.42. The van der Waals surface area contributed by atoms with Gasteiger partial charge in [-0.15, -0.1) is 5.10 Å². The smallest absolute Gasteiger partial charge is 0.126 e. The molecule has 0 saturated carbocycles. The quantitative estimate of drug-likeness (QED) is 0.886. The minimum Gasteiger partial charge on any atom is -0.390 e. The van der Waals surface area contributed by atoms with Crippen molar-refractivity contribution in [2.24, 2.45) is 0 Å². The van der Waals surface area contributed by atoms with Crippen molar-refractivity contribution in [3.63, 3.8) is 0 Å². The van der Waals surface area contributed by atoms with Gasteiger partial charge in [-0.05, 0) is 12.1 Å². The number of morpholine rings is 1. The molecule has 6 nitrogen and oxygen atoms in total. The first-order valence-corrected chi connectivity index (χ1v) is 7.45. The van der Waals surface area contributed by atoms with Gasteiger partial charge in [-0.1, -0.05) is 5.21 Å². The van der Waals surface area contributed by atoms with Gasteiger partial charge < -0.3 is 9.84 Å². The summed E-state index contributed by atoms with van der Waals surface area (Å²) in [4.78, 5) is 2.12. The molecule has 1 aliphatic rings. The number of benzene rings is 1. The number of halogens is 2. The van der Waals surface area contributed by atoms with E-state index in [-0.39, 0.29) is 6.54 Å². The molecule has 1 aliphatic heterocycles. The fourth-order valence-electron chi connectivity index (χ4n) is 2.58. The Bertz CT molecular complexity index is 638. The van der Waals surface area contributed by atoms with Crippen molar-refractivity contribution in [1.29, 1.82) is 0 Å². The van der Waals surface area contributed by atoms with Crippen molar-refractivity contribution in [3.8, 4) is 11.3 Å². The van der Waals surface area contributed by atoms with Crippen LogP contribution in [0.25, 0.3) is 11.3 Å². The lowest BCUT2D eigenvalue weighted by molar-refractivity contribution is 0.0107. The second-order valence-corrected chi connectivity index (χ2v) is 5.55. The van der Waals surface area contributed by atoms with Crippen molar-refractivity contribution in [2.75, 3.05) is 32.8 Å². The molecule has 0 spiro atoms. The molecule has 124 valence electrons. The number of ether oxygens (including phenoxy) is 1. The van der Waals surface area contributed by atoms with Crippen LogP contribution in [0.4, 0.5) is 8.78 Å². The Morgan fingerprint density at radius 1 is 1.13 bits per heavy atom. The van der Waals surface area contributed by atoms with Crippen molar-refractivity contribution in [1.82, 2.24) is 19.9 Å². The highest BCUT2D eigenvalue weighted by Gasteiger charge is 2.16. The zero-order valence-electron chi connectivity index (χ0n) is 12.5. The van der Waals surface area contributed by atoms with Gasteiger partial charge in [-0.3, -0.25) is 4.90 Å². The van der Waals surface area contributed by atoms with Gasteiger partial charge in [0, 0.05) is 31.3 Å². The lowest BCUT2D eigenvalue weighted by Gasteiger charge is -2.28. The Labute approximate surface area is 132 Å². The predicted molar refractivity (Wildman–Crippen MR) is 78.6 cm³/mol. The van der Waals surface area contributed by atoms with Crippen molar-refractivity contribution in [2.45, 2.75) is 12.6 Å². The van der Waals surface area contributed by atoms with E-state index < -0.39 is 17.7 Å². The molecule has 3 rings (SSSR count). The van der Waals surface area contributed by atoms with Gasteiger partial charge >= 0.3 is 0 Å². The molecule has 0 radical (unpaired) electrons. The van der Waals surface area contributed by atoms with E-state index in [1.54, 1.807) is 6.20 Å². The van der Waals surface area contributed by atoms with Gasteiger partial charge in [-0.25, -0.2) is 13.5 Å². The lowest BCUT2D eigenvalue weighted by atomic mass is 10.1. The first-order chi connectivity index (χ1) is 11.1. The Hall–Kier alpha value is -1.90. The molecule has 1 fully saturated rings. The minimum atomic E-state index is -0.665. The van der Waals surface area contributed by atoms with Crippen LogP contribution in [0.3, 0.4) is 0 Å². The summed E-state index contributed by atoms with van der Waals surface area (Å²) in [6, 6.07) is 3.20. The predicted octanol–water partition coefficient (Wildman–Crippen LogP) is 0.916. The number of rotatable bonds is 5. The number of hydrogen-bond donors (Lipinski definition) is 1. The summed E-state index contributed by atoms with van der Waals surface area (Å²) < 4.78 is 33.2. The second-order valence-electron chi connectivity index (χ2n) is 5.55. The van der Waals surface area contributed by atoms with E-state index in [1.165, 1.54) is 16.8 Å². The van der Waals surface area contributed by atoms with E-state index >= 15 is 0 Å². The van der Waals surface area contributed by atoms with Gasteiger partial charge in [0.2, 0.25) is 0 Å². The van der Waals surface area contributed by atoms with Crippen LogP contribution in [0.2, 0.25) is 0 Å². The fraction of sp³-hybridized carbons (Fsp3) is 0.467. The molecule has 0 amide bonds. The standard InChI is InChI=1S/C15H18F2N4O2/c16-12-5-11(6-13(17)7-12)15-10-21(19-18-15)9-14(22)8-20-1-3-23-4-2-20/h5-7,10,14,22H,1-4,8-9H2. The first kappa shape index (κ1) is 16.0. The number of β-amino-alcohol motifs (C(OH)–C–C–N with tert-alkyl or cyclic N) is 1. The molecule has 1 aromatic carbocycles. The van der Waals surface area contributed by atoms with Gasteiger partial charge in [-0.2, -0.15) is 0 Å². The maximum Gasteiger partial charge on any atom is 0.126 e. The number of aliphatic hydroxyl groups excluding tert-OH is 1. The summed E-state index contributed by atoms with van der Waals surface area (Å²) in [7, 11) is 0. The number of aromatic nitrogens is 3. The molecular weight excluding hydrogens is 306 g/mol. The monoisotopic (exact) mass is 324 g/mol. The highest BCUT2D eigenvalue weighted by Crippen LogP contribution is 2.19. The van der Waals surface area contributed by atoms with Crippen LogP contribution in [-0.4, -0.2) is 64.0 Å². The number of aliphatic hydroxyl groups is 1. The zero-order valence-corrected chi connectivity index (χ0v) is 12.5. The highest BCUT2D eigenvalue weighted by molar-refractivity contribution is 5.57. The number of hydrogen-bond acceptors (Lipinski definition) is 5. The van der Waals surface area contributed by atoms with Crippen molar-refractivity contribution in [3.05, 3.63) is 36.0 Å². The molecule has 0 bridgehead atoms. The molecule has 1 N–H and O–H groups in total. The normalized spacial score (nSPS) is 17.3. The molecule has 1 saturated heterocycles. The molecule has 1 aromatic heterocycles. The van der Waals surface area contributed by atoms with Crippen LogP contribution in [0.5, 0.6) is 0 Å². The third kappa shape index (κ3) is 4.31. The molecule has 8 heteroatoms. The Balaban J connectivity index is 1.62. The molecule has 1 unspecified atom stereocenters. The average molecular weight is 324 g/mol. The largest absolute Gasteiger partial charge is 0.390 e. The molecule has 23 heavy (non-hydrogen) atoms. The third-order valence-corrected chi connectivity index (χ3v) is 3.67. The van der Waals surface area contributed by atoms with Gasteiger partial charge in [0.1, 0.15) is 17.3 Å². The van der Waals surface area contributed by atoms with Gasteiger partial charge in [0.15, 0.2) is 0 Å². The highest BCUT2D eigenvalue weighted by atomic mass is 19.1. The second kappa shape index (κ2) is 7.12. The SMILES string of the molecule is OC(CN1CCOCC1)Cn1cc(-c2cc(F)cc(F)c2)nn1. The Morgan fingerprint density at radius 3 is 2.52 bits per heavy atom. The summed E-state index contributed by atoms with van der Waals surface area (Å²) in [5, 5.41) is 17.9. The van der Waals surface area contributed by atoms with Crippen molar-refractivity contribution < 1.29 is 18.6 Å². The molecule has 2 heterocycles. The third-order valence-electron chi connectivity index (χ3n) is 3.67. The summed E-state index contributed by atoms with van der Waals surface area (Å²) >= 11 is 0. The maximum atomic E-state index is 13.2. The average Bonchev–Trinajstić information content (AvgIpc) is 2.95. The first-order valence-electron chi connectivity index (χ1n) is 7.45. The van der Waals surface area contributed by atoms with Crippen molar-refractivity contribution >= 4 is 0 Å². The molecule has 2 aromatic rings. The van der Waals surface area contributed by atoms with Crippen LogP contribution < -0.4 is 0 Å². The van der Waals surface area contributed by atoms with Crippen LogP contribution in [0.15, 0.2) is 24.4 Å². The summed E-state index contributed by atoms with van der Waals surface area (Å²) in [6.07, 6.45) is 0.961. The zero-order chi connectivity index (χ0) is 16.2. The van der Waals surface area contributed by atoms with E-state index in [0.717, 1.165) is 19.2 Å². The Morgan fingerprint density at radius 2 is 1.83 bits per heavy atom. The van der Waals surface area contributed by atoms with Crippen LogP contribution in [0, 0.1) is 11.6 Å². The van der Waals surface area contributed by atoms with Gasteiger partial charge in [0.05, 0.1) is 32.1 Å². The van der Waals surface area contributed by atoms with Gasteiger partial charge in [0.25, 0.3) is 0 Å². The fourth-order valence-corrected chi connectivity index (χ4v) is 2.58. The molecule has 1 atom stereocenters. The number of nitrogens with zero attached hydrogens (tertiary/aromatic N) is 4. The maximum absolute atomic E-state index is 13.2. The summed E-state index contributed by atoms with van der Waals surface area (Å²) in [5.41, 5.74) is 0.679. The summed E-state index contributed by atoms with van der Waals surface area (Å²) in [6.45, 7) is 3.72. The van der Waals surface area contributed by atoms with E-state index in [4.69, 9.17) is 4.74 Å². The Kier molecular flexibility index (Phi) is 4.94. The minimum absolute atomic E-state index is 0.266. The van der Waals surface area contributed by atoms with E-state index in [2.05, 4.69) is 15.2 Å². The topological polar surface area (TPSA) is 63.4 Å². The van der Waals surface area contributed by atoms with Crippen LogP contribution >= 0.6 is 0 Å². The van der Waals surface area contributed by atoms with E-state index in [0.29, 0.717) is 31.0 Å². The van der Waals surface area contributed by atoms with Crippen LogP contribution in [0.1, 0.15) is 0 Å². The molecule has 0 aliphatic carbocycles. The van der Waals surface area contributed by atoms with Crippen LogP contribution in [-0.2, 0) is 11.3 Å².